The highest BCUT2D eigenvalue weighted by Crippen LogP contribution is 2.25. The lowest BCUT2D eigenvalue weighted by Crippen LogP contribution is -3.00. The SMILES string of the molecule is CC[N+](CC)(CC)CC(C)OCc1ccc2sc3ccccc3c(=O)c2c1.[I-]. The van der Waals surface area contributed by atoms with Crippen LogP contribution in [0.5, 0.6) is 0 Å². The standard InChI is InChI=1S/C23H30NO2S.HI/c1-5-24(6-2,7-3)15-17(4)26-16-18-12-13-22-20(14-18)23(25)19-10-8-9-11-21(19)27-22;/h8-14,17H,5-7,15-16H2,1-4H3;1H/q+1;/p-1. The summed E-state index contributed by atoms with van der Waals surface area (Å²) in [6.07, 6.45) is 0.187. The van der Waals surface area contributed by atoms with Crippen LogP contribution in [-0.2, 0) is 11.3 Å². The molecule has 0 bridgehead atoms. The fourth-order valence-electron chi connectivity index (χ4n) is 3.83. The Labute approximate surface area is 188 Å². The van der Waals surface area contributed by atoms with E-state index in [1.807, 2.05) is 30.3 Å². The summed E-state index contributed by atoms with van der Waals surface area (Å²) in [5.74, 6) is 0. The van der Waals surface area contributed by atoms with E-state index < -0.39 is 0 Å². The van der Waals surface area contributed by atoms with E-state index in [4.69, 9.17) is 4.74 Å². The average Bonchev–Trinajstić information content (AvgIpc) is 2.71. The smallest absolute Gasteiger partial charge is 0.195 e. The third kappa shape index (κ3) is 4.93. The number of halogens is 1. The molecule has 1 atom stereocenters. The molecule has 1 heterocycles. The molecule has 0 spiro atoms. The second-order valence-electron chi connectivity index (χ2n) is 7.35. The van der Waals surface area contributed by atoms with Crippen molar-refractivity contribution in [3.8, 4) is 0 Å². The molecule has 1 aromatic heterocycles. The van der Waals surface area contributed by atoms with Gasteiger partial charge in [-0.25, -0.2) is 0 Å². The number of hydrogen-bond acceptors (Lipinski definition) is 3. The maximum atomic E-state index is 12.8. The molecule has 28 heavy (non-hydrogen) atoms. The Morgan fingerprint density at radius 3 is 2.29 bits per heavy atom. The molecule has 0 N–H and O–H groups in total. The normalized spacial score (nSPS) is 12.9. The van der Waals surface area contributed by atoms with Crippen LogP contribution in [0.3, 0.4) is 0 Å². The number of ether oxygens (including phenoxy) is 1. The number of fused-ring (bicyclic) bond motifs is 2. The van der Waals surface area contributed by atoms with Crippen molar-refractivity contribution in [2.45, 2.75) is 40.4 Å². The molecule has 3 rings (SSSR count). The van der Waals surface area contributed by atoms with Crippen molar-refractivity contribution in [2.75, 3.05) is 26.2 Å². The lowest BCUT2D eigenvalue weighted by Gasteiger charge is -2.37. The minimum atomic E-state index is 0. The number of rotatable bonds is 8. The Morgan fingerprint density at radius 1 is 0.964 bits per heavy atom. The van der Waals surface area contributed by atoms with Crippen LogP contribution in [0.4, 0.5) is 0 Å². The molecule has 1 unspecified atom stereocenters. The van der Waals surface area contributed by atoms with Crippen molar-refractivity contribution in [1.82, 2.24) is 0 Å². The summed E-state index contributed by atoms with van der Waals surface area (Å²) in [6, 6.07) is 14.0. The quantitative estimate of drug-likeness (QED) is 0.264. The van der Waals surface area contributed by atoms with Crippen LogP contribution in [0.1, 0.15) is 33.3 Å². The highest BCUT2D eigenvalue weighted by molar-refractivity contribution is 7.24. The minimum absolute atomic E-state index is 0. The average molecular weight is 511 g/mol. The zero-order valence-corrected chi connectivity index (χ0v) is 20.2. The summed E-state index contributed by atoms with van der Waals surface area (Å²) in [6.45, 7) is 13.9. The molecule has 0 aliphatic carbocycles. The lowest BCUT2D eigenvalue weighted by atomic mass is 10.1. The third-order valence-electron chi connectivity index (χ3n) is 5.83. The maximum Gasteiger partial charge on any atom is 0.195 e. The second-order valence-corrected chi connectivity index (χ2v) is 8.44. The van der Waals surface area contributed by atoms with E-state index in [0.717, 1.165) is 56.4 Å². The molecular formula is C23H30INO2S. The number of quaternary nitrogens is 1. The third-order valence-corrected chi connectivity index (χ3v) is 6.98. The van der Waals surface area contributed by atoms with Crippen molar-refractivity contribution < 1.29 is 33.2 Å². The van der Waals surface area contributed by atoms with Crippen LogP contribution in [0, 0.1) is 0 Å². The van der Waals surface area contributed by atoms with Gasteiger partial charge in [0, 0.05) is 20.2 Å². The van der Waals surface area contributed by atoms with Crippen LogP contribution >= 0.6 is 11.3 Å². The Bertz CT molecular complexity index is 973. The molecule has 152 valence electrons. The monoisotopic (exact) mass is 511 g/mol. The van der Waals surface area contributed by atoms with Gasteiger partial charge < -0.3 is 33.2 Å². The van der Waals surface area contributed by atoms with Gasteiger partial charge in [-0.15, -0.1) is 11.3 Å². The summed E-state index contributed by atoms with van der Waals surface area (Å²) >= 11 is 1.67. The van der Waals surface area contributed by atoms with Crippen molar-refractivity contribution in [2.24, 2.45) is 0 Å². The molecule has 0 radical (unpaired) electrons. The Morgan fingerprint density at radius 2 is 1.61 bits per heavy atom. The summed E-state index contributed by atoms with van der Waals surface area (Å²) in [5, 5.41) is 1.60. The molecule has 0 fully saturated rings. The fraction of sp³-hybridized carbons (Fsp3) is 0.435. The lowest BCUT2D eigenvalue weighted by molar-refractivity contribution is -0.926. The first-order chi connectivity index (χ1) is 13.0. The van der Waals surface area contributed by atoms with Gasteiger partial charge >= 0.3 is 0 Å². The predicted molar refractivity (Wildman–Crippen MR) is 117 cm³/mol. The Hall–Kier alpha value is -1.02. The van der Waals surface area contributed by atoms with E-state index in [-0.39, 0.29) is 35.5 Å². The number of benzene rings is 2. The minimum Gasteiger partial charge on any atom is -1.00 e. The van der Waals surface area contributed by atoms with E-state index in [1.54, 1.807) is 11.3 Å². The van der Waals surface area contributed by atoms with Gasteiger partial charge in [0.2, 0.25) is 0 Å². The van der Waals surface area contributed by atoms with Gasteiger partial charge in [-0.3, -0.25) is 4.79 Å². The molecule has 0 saturated heterocycles. The topological polar surface area (TPSA) is 26.3 Å². The predicted octanol–water partition coefficient (Wildman–Crippen LogP) is 2.20. The largest absolute Gasteiger partial charge is 1.00 e. The van der Waals surface area contributed by atoms with Crippen LogP contribution in [0.15, 0.2) is 47.3 Å². The zero-order valence-electron chi connectivity index (χ0n) is 17.2. The van der Waals surface area contributed by atoms with Crippen molar-refractivity contribution >= 4 is 31.5 Å². The van der Waals surface area contributed by atoms with Gasteiger partial charge in [-0.2, -0.15) is 0 Å². The van der Waals surface area contributed by atoms with E-state index in [1.165, 1.54) is 0 Å². The molecule has 5 heteroatoms. The highest BCUT2D eigenvalue weighted by atomic mass is 127. The van der Waals surface area contributed by atoms with Gasteiger partial charge in [-0.05, 0) is 57.5 Å². The highest BCUT2D eigenvalue weighted by Gasteiger charge is 2.24. The van der Waals surface area contributed by atoms with Crippen molar-refractivity contribution in [1.29, 1.82) is 0 Å². The summed E-state index contributed by atoms with van der Waals surface area (Å²) < 4.78 is 9.31. The fourth-order valence-corrected chi connectivity index (χ4v) is 4.89. The van der Waals surface area contributed by atoms with Gasteiger partial charge in [0.25, 0.3) is 0 Å². The molecule has 2 aromatic carbocycles. The first-order valence-electron chi connectivity index (χ1n) is 9.93. The molecule has 0 saturated carbocycles. The molecule has 3 nitrogen and oxygen atoms in total. The van der Waals surface area contributed by atoms with Gasteiger partial charge in [0.15, 0.2) is 5.43 Å². The van der Waals surface area contributed by atoms with Crippen LogP contribution in [-0.4, -0.2) is 36.8 Å². The first-order valence-corrected chi connectivity index (χ1v) is 10.7. The van der Waals surface area contributed by atoms with Gasteiger partial charge in [-0.1, -0.05) is 18.2 Å². The number of likely N-dealkylation sites (N-methyl/N-ethyl adjacent to an activating group) is 1. The molecule has 0 amide bonds. The summed E-state index contributed by atoms with van der Waals surface area (Å²) in [4.78, 5) is 12.8. The molecule has 0 aliphatic rings. The summed E-state index contributed by atoms with van der Waals surface area (Å²) in [5.41, 5.74) is 1.18. The van der Waals surface area contributed by atoms with E-state index in [9.17, 15) is 4.79 Å². The van der Waals surface area contributed by atoms with E-state index in [0.29, 0.717) is 6.61 Å². The second kappa shape index (κ2) is 10.1. The number of nitrogens with zero attached hydrogens (tertiary/aromatic N) is 1. The van der Waals surface area contributed by atoms with Gasteiger partial charge in [0.1, 0.15) is 12.6 Å². The summed E-state index contributed by atoms with van der Waals surface area (Å²) in [7, 11) is 0. The zero-order chi connectivity index (χ0) is 19.4. The van der Waals surface area contributed by atoms with Crippen LogP contribution in [0.2, 0.25) is 0 Å². The van der Waals surface area contributed by atoms with E-state index in [2.05, 4.69) is 39.8 Å². The maximum absolute atomic E-state index is 12.8. The van der Waals surface area contributed by atoms with Crippen LogP contribution in [0.25, 0.3) is 20.2 Å². The molecule has 0 aliphatic heterocycles. The number of hydrogen-bond donors (Lipinski definition) is 0. The molecular weight excluding hydrogens is 481 g/mol. The Balaban J connectivity index is 0.00000280. The first kappa shape index (κ1) is 23.3. The van der Waals surface area contributed by atoms with Crippen LogP contribution < -0.4 is 29.4 Å². The van der Waals surface area contributed by atoms with Gasteiger partial charge in [0.05, 0.1) is 26.2 Å². The Kier molecular flexibility index (Phi) is 8.43. The van der Waals surface area contributed by atoms with Crippen molar-refractivity contribution in [3.63, 3.8) is 0 Å². The van der Waals surface area contributed by atoms with Crippen molar-refractivity contribution in [3.05, 3.63) is 58.3 Å². The molecule has 3 aromatic rings. The van der Waals surface area contributed by atoms with E-state index >= 15 is 0 Å².